The molecule has 2 aromatic rings. The number of rotatable bonds is 7. The fourth-order valence-electron chi connectivity index (χ4n) is 2.02. The first kappa shape index (κ1) is 15.4. The van der Waals surface area contributed by atoms with Gasteiger partial charge in [0.05, 0.1) is 18.0 Å². The van der Waals surface area contributed by atoms with Gasteiger partial charge in [-0.3, -0.25) is 9.36 Å². The van der Waals surface area contributed by atoms with Crippen molar-refractivity contribution in [3.05, 3.63) is 36.2 Å². The van der Waals surface area contributed by atoms with Gasteiger partial charge in [-0.25, -0.2) is 4.98 Å². The van der Waals surface area contributed by atoms with Gasteiger partial charge in [0.25, 0.3) is 0 Å². The van der Waals surface area contributed by atoms with Gasteiger partial charge in [-0.2, -0.15) is 0 Å². The van der Waals surface area contributed by atoms with Gasteiger partial charge in [-0.05, 0) is 25.5 Å². The quantitative estimate of drug-likeness (QED) is 0.797. The second-order valence-corrected chi connectivity index (χ2v) is 5.25. The second-order valence-electron chi connectivity index (χ2n) is 4.30. The number of nitrogens with zero attached hydrogens (tertiary/aromatic N) is 2. The van der Waals surface area contributed by atoms with E-state index in [1.54, 1.807) is 6.20 Å². The normalized spacial score (nSPS) is 10.6. The minimum atomic E-state index is -0.856. The summed E-state index contributed by atoms with van der Waals surface area (Å²) in [6, 6.07) is 7.71. The zero-order valence-electron chi connectivity index (χ0n) is 12.1. The molecular weight excluding hydrogens is 288 g/mol. The van der Waals surface area contributed by atoms with Crippen LogP contribution in [0, 0.1) is 0 Å². The third-order valence-electron chi connectivity index (χ3n) is 2.90. The molecule has 1 aromatic carbocycles. The summed E-state index contributed by atoms with van der Waals surface area (Å²) in [6.45, 7) is 4.55. The van der Waals surface area contributed by atoms with Crippen LogP contribution in [-0.4, -0.2) is 33.0 Å². The molecule has 21 heavy (non-hydrogen) atoms. The molecule has 0 bridgehead atoms. The molecule has 0 aliphatic rings. The Balaban J connectivity index is 2.46. The summed E-state index contributed by atoms with van der Waals surface area (Å²) in [5.41, 5.74) is 1.91. The van der Waals surface area contributed by atoms with Crippen molar-refractivity contribution in [1.82, 2.24) is 9.55 Å². The van der Waals surface area contributed by atoms with E-state index in [1.165, 1.54) is 11.8 Å². The lowest BCUT2D eigenvalue weighted by Crippen LogP contribution is -2.06. The van der Waals surface area contributed by atoms with Gasteiger partial charge in [0.15, 0.2) is 5.16 Å². The number of aryl methyl sites for hydroxylation is 1. The van der Waals surface area contributed by atoms with E-state index in [0.717, 1.165) is 23.6 Å². The van der Waals surface area contributed by atoms with Gasteiger partial charge in [0.1, 0.15) is 5.75 Å². The molecule has 0 unspecified atom stereocenters. The van der Waals surface area contributed by atoms with Crippen molar-refractivity contribution in [3.8, 4) is 11.4 Å². The number of ether oxygens (including phenoxy) is 1. The molecule has 0 aliphatic heterocycles. The van der Waals surface area contributed by atoms with E-state index in [2.05, 4.69) is 4.98 Å². The first-order valence-electron chi connectivity index (χ1n) is 6.80. The molecule has 0 fully saturated rings. The maximum absolute atomic E-state index is 10.8. The van der Waals surface area contributed by atoms with Crippen molar-refractivity contribution < 1.29 is 14.6 Å². The Hall–Kier alpha value is -1.95. The van der Waals surface area contributed by atoms with Crippen molar-refractivity contribution in [1.29, 1.82) is 0 Å². The van der Waals surface area contributed by atoms with E-state index in [9.17, 15) is 4.79 Å². The van der Waals surface area contributed by atoms with Crippen molar-refractivity contribution in [3.63, 3.8) is 0 Å². The molecular formula is C15H18N2O3S. The molecule has 0 saturated carbocycles. The summed E-state index contributed by atoms with van der Waals surface area (Å²) in [4.78, 5) is 15.1. The maximum atomic E-state index is 10.8. The molecule has 1 N–H and O–H groups in total. The Bertz CT molecular complexity index is 625. The molecule has 0 amide bonds. The van der Waals surface area contributed by atoms with E-state index in [4.69, 9.17) is 9.84 Å². The minimum Gasteiger partial charge on any atom is -0.492 e. The van der Waals surface area contributed by atoms with Gasteiger partial charge in [-0.1, -0.05) is 30.8 Å². The van der Waals surface area contributed by atoms with Crippen molar-refractivity contribution in [2.45, 2.75) is 25.4 Å². The topological polar surface area (TPSA) is 64.4 Å². The molecule has 5 nitrogen and oxygen atoms in total. The zero-order chi connectivity index (χ0) is 15.2. The predicted octanol–water partition coefficient (Wildman–Crippen LogP) is 3.01. The predicted molar refractivity (Wildman–Crippen MR) is 82.5 cm³/mol. The fourth-order valence-corrected chi connectivity index (χ4v) is 2.75. The summed E-state index contributed by atoms with van der Waals surface area (Å²) in [5, 5.41) is 9.52. The van der Waals surface area contributed by atoms with Crippen LogP contribution in [0.25, 0.3) is 5.69 Å². The number of benzene rings is 1. The molecule has 0 aliphatic carbocycles. The van der Waals surface area contributed by atoms with E-state index in [0.29, 0.717) is 11.8 Å². The van der Waals surface area contributed by atoms with Gasteiger partial charge in [-0.15, -0.1) is 0 Å². The van der Waals surface area contributed by atoms with Crippen molar-refractivity contribution >= 4 is 17.7 Å². The number of para-hydroxylation sites is 2. The number of thioether (sulfide) groups is 1. The monoisotopic (exact) mass is 306 g/mol. The lowest BCUT2D eigenvalue weighted by atomic mass is 10.2. The third kappa shape index (κ3) is 3.58. The Morgan fingerprint density at radius 2 is 2.14 bits per heavy atom. The summed E-state index contributed by atoms with van der Waals surface area (Å²) < 4.78 is 7.64. The van der Waals surface area contributed by atoms with E-state index < -0.39 is 5.97 Å². The number of imidazole rings is 1. The third-order valence-corrected chi connectivity index (χ3v) is 3.83. The maximum Gasteiger partial charge on any atom is 0.313 e. The smallest absolute Gasteiger partial charge is 0.313 e. The SMILES string of the molecule is CCOc1ccccc1-n1c(CC)cnc1SCC(=O)O. The highest BCUT2D eigenvalue weighted by molar-refractivity contribution is 7.99. The number of aliphatic carboxylic acids is 1. The summed E-state index contributed by atoms with van der Waals surface area (Å²) in [6.07, 6.45) is 2.59. The number of hydrogen-bond acceptors (Lipinski definition) is 4. The Labute approximate surface area is 128 Å². The molecule has 0 spiro atoms. The molecule has 0 saturated heterocycles. The van der Waals surface area contributed by atoms with E-state index in [-0.39, 0.29) is 5.75 Å². The lowest BCUT2D eigenvalue weighted by Gasteiger charge is -2.15. The minimum absolute atomic E-state index is 0.0169. The van der Waals surface area contributed by atoms with Crippen LogP contribution < -0.4 is 4.74 Å². The highest BCUT2D eigenvalue weighted by Gasteiger charge is 2.15. The average molecular weight is 306 g/mol. The Morgan fingerprint density at radius 1 is 1.38 bits per heavy atom. The molecule has 0 atom stereocenters. The van der Waals surface area contributed by atoms with Gasteiger partial charge >= 0.3 is 5.97 Å². The fraction of sp³-hybridized carbons (Fsp3) is 0.333. The van der Waals surface area contributed by atoms with Crippen LogP contribution in [0.2, 0.25) is 0 Å². The Morgan fingerprint density at radius 3 is 2.81 bits per heavy atom. The van der Waals surface area contributed by atoms with Crippen LogP contribution in [0.15, 0.2) is 35.6 Å². The largest absolute Gasteiger partial charge is 0.492 e. The highest BCUT2D eigenvalue weighted by atomic mass is 32.2. The number of carbonyl (C=O) groups is 1. The van der Waals surface area contributed by atoms with Crippen molar-refractivity contribution in [2.24, 2.45) is 0 Å². The first-order valence-corrected chi connectivity index (χ1v) is 7.79. The molecule has 112 valence electrons. The molecule has 1 heterocycles. The van der Waals surface area contributed by atoms with E-state index in [1.807, 2.05) is 42.7 Å². The van der Waals surface area contributed by atoms with Crippen molar-refractivity contribution in [2.75, 3.05) is 12.4 Å². The summed E-state index contributed by atoms with van der Waals surface area (Å²) >= 11 is 1.21. The van der Waals surface area contributed by atoms with Gasteiger partial charge < -0.3 is 9.84 Å². The standard InChI is InChI=1S/C15H18N2O3S/c1-3-11-9-16-15(21-10-14(18)19)17(11)12-7-5-6-8-13(12)20-4-2/h5-9H,3-4,10H2,1-2H3,(H,18,19). The first-order chi connectivity index (χ1) is 10.2. The number of carboxylic acid groups (broad SMARTS) is 1. The average Bonchev–Trinajstić information content (AvgIpc) is 2.89. The number of aromatic nitrogens is 2. The highest BCUT2D eigenvalue weighted by Crippen LogP contribution is 2.29. The number of hydrogen-bond donors (Lipinski definition) is 1. The molecule has 1 aromatic heterocycles. The summed E-state index contributed by atoms with van der Waals surface area (Å²) in [5.74, 6) is -0.104. The van der Waals surface area contributed by atoms with Crippen LogP contribution in [-0.2, 0) is 11.2 Å². The zero-order valence-corrected chi connectivity index (χ0v) is 12.9. The molecule has 0 radical (unpaired) electrons. The number of carboxylic acids is 1. The lowest BCUT2D eigenvalue weighted by molar-refractivity contribution is -0.133. The Kier molecular flexibility index (Phi) is 5.27. The second kappa shape index (κ2) is 7.17. The molecule has 6 heteroatoms. The summed E-state index contributed by atoms with van der Waals surface area (Å²) in [7, 11) is 0. The van der Waals surface area contributed by atoms with Crippen LogP contribution in [0.5, 0.6) is 5.75 Å². The van der Waals surface area contributed by atoms with Crippen LogP contribution in [0.1, 0.15) is 19.5 Å². The van der Waals surface area contributed by atoms with Crippen LogP contribution >= 0.6 is 11.8 Å². The van der Waals surface area contributed by atoms with Crippen LogP contribution in [0.3, 0.4) is 0 Å². The van der Waals surface area contributed by atoms with Gasteiger partial charge in [0.2, 0.25) is 0 Å². The van der Waals surface area contributed by atoms with Gasteiger partial charge in [0, 0.05) is 11.9 Å². The van der Waals surface area contributed by atoms with E-state index >= 15 is 0 Å². The van der Waals surface area contributed by atoms with Crippen LogP contribution in [0.4, 0.5) is 0 Å². The molecule has 2 rings (SSSR count).